The van der Waals surface area contributed by atoms with Crippen molar-refractivity contribution in [2.24, 2.45) is 0 Å². The molecule has 2 aromatic heterocycles. The molecule has 7 nitrogen and oxygen atoms in total. The van der Waals surface area contributed by atoms with Gasteiger partial charge in [-0.1, -0.05) is 72.8 Å². The number of hydrogen-bond donors (Lipinski definition) is 2. The molecule has 2 aromatic carbocycles. The molecule has 0 spiro atoms. The minimum absolute atomic E-state index is 0. The van der Waals surface area contributed by atoms with Crippen LogP contribution in [0.15, 0.2) is 97.1 Å². The monoisotopic (exact) mass is 478 g/mol. The number of methoxy groups -OCH3 is 1. The van der Waals surface area contributed by atoms with Gasteiger partial charge in [0.1, 0.15) is 17.5 Å². The van der Waals surface area contributed by atoms with Crippen LogP contribution < -0.4 is 34.7 Å². The number of aliphatic hydroxyl groups is 1. The van der Waals surface area contributed by atoms with Crippen LogP contribution in [-0.4, -0.2) is 42.3 Å². The SMILES string of the molecule is CO.COC(=N)c1cccc(-c2ccccc2)n1.C[O-].N#Cc1cccc(-c2ccccc2)n1.[Na+]. The van der Waals surface area contributed by atoms with Crippen molar-refractivity contribution >= 4 is 5.90 Å². The predicted octanol–water partition coefficient (Wildman–Crippen LogP) is 0.930. The molecule has 0 atom stereocenters. The van der Waals surface area contributed by atoms with Gasteiger partial charge in [-0.25, -0.2) is 9.97 Å². The first kappa shape index (κ1) is 31.6. The first-order valence-electron chi connectivity index (χ1n) is 10.1. The Morgan fingerprint density at radius 3 is 1.69 bits per heavy atom. The summed E-state index contributed by atoms with van der Waals surface area (Å²) < 4.78 is 4.85. The largest absolute Gasteiger partial charge is 1.00 e. The number of hydrogen-bond acceptors (Lipinski definition) is 7. The second kappa shape index (κ2) is 19.0. The van der Waals surface area contributed by atoms with E-state index in [1.807, 2.05) is 91.0 Å². The maximum absolute atomic E-state index is 8.70. The number of rotatable bonds is 3. The zero-order chi connectivity index (χ0) is 25.2. The van der Waals surface area contributed by atoms with Crippen molar-refractivity contribution in [1.29, 1.82) is 10.7 Å². The van der Waals surface area contributed by atoms with Crippen LogP contribution in [0.3, 0.4) is 0 Å². The normalized spacial score (nSPS) is 8.57. The molecule has 0 unspecified atom stereocenters. The Morgan fingerprint density at radius 2 is 1.23 bits per heavy atom. The minimum Gasteiger partial charge on any atom is -0.857 e. The summed E-state index contributed by atoms with van der Waals surface area (Å²) >= 11 is 0. The van der Waals surface area contributed by atoms with Crippen molar-refractivity contribution in [2.75, 3.05) is 21.3 Å². The van der Waals surface area contributed by atoms with E-state index in [-0.39, 0.29) is 35.5 Å². The molecule has 35 heavy (non-hydrogen) atoms. The zero-order valence-corrected chi connectivity index (χ0v) is 22.3. The van der Waals surface area contributed by atoms with E-state index in [1.54, 1.807) is 12.1 Å². The predicted molar refractivity (Wildman–Crippen MR) is 132 cm³/mol. The van der Waals surface area contributed by atoms with E-state index in [4.69, 9.17) is 25.6 Å². The Balaban J connectivity index is 0.000000568. The van der Waals surface area contributed by atoms with Gasteiger partial charge in [0.15, 0.2) is 0 Å². The zero-order valence-electron chi connectivity index (χ0n) is 20.3. The number of benzene rings is 2. The molecule has 0 radical (unpaired) electrons. The van der Waals surface area contributed by atoms with E-state index in [0.29, 0.717) is 11.4 Å². The van der Waals surface area contributed by atoms with Gasteiger partial charge in [0, 0.05) is 18.2 Å². The van der Waals surface area contributed by atoms with Gasteiger partial charge in [-0.05, 0) is 24.3 Å². The van der Waals surface area contributed by atoms with Crippen LogP contribution in [0.5, 0.6) is 0 Å². The number of nitrogens with zero attached hydrogens (tertiary/aromatic N) is 3. The van der Waals surface area contributed by atoms with E-state index in [2.05, 4.69) is 9.97 Å². The second-order valence-electron chi connectivity index (χ2n) is 6.19. The molecule has 4 rings (SSSR count). The quantitative estimate of drug-likeness (QED) is 0.256. The third kappa shape index (κ3) is 10.6. The standard InChI is InChI=1S/C13H12N2O.C12H8N2.CH4O.CH3O.Na/c1-16-13(14)12-9-5-8-11(15-12)10-6-3-2-4-7-10;13-9-11-7-4-8-12(14-11)10-5-2-1-3-6-10;2*1-2;/h2-9,14H,1H3;1-8H;2H,1H3;1H3;/q;;;-1;+1. The van der Waals surface area contributed by atoms with Crippen molar-refractivity contribution in [3.63, 3.8) is 0 Å². The number of pyridine rings is 2. The molecule has 0 saturated heterocycles. The van der Waals surface area contributed by atoms with Gasteiger partial charge in [-0.15, -0.1) is 0 Å². The Morgan fingerprint density at radius 1 is 0.771 bits per heavy atom. The molecule has 0 aliphatic rings. The van der Waals surface area contributed by atoms with Gasteiger partial charge in [0.05, 0.1) is 18.5 Å². The van der Waals surface area contributed by atoms with Gasteiger partial charge < -0.3 is 14.9 Å². The minimum atomic E-state index is 0. The Kier molecular flexibility index (Phi) is 17.1. The summed E-state index contributed by atoms with van der Waals surface area (Å²) in [6.07, 6.45) is 0. The first-order chi connectivity index (χ1) is 16.7. The molecule has 0 fully saturated rings. The second-order valence-corrected chi connectivity index (χ2v) is 6.19. The number of aromatic nitrogens is 2. The van der Waals surface area contributed by atoms with Crippen LogP contribution in [0.4, 0.5) is 0 Å². The van der Waals surface area contributed by atoms with Crippen LogP contribution in [0.2, 0.25) is 0 Å². The maximum Gasteiger partial charge on any atom is 1.00 e. The summed E-state index contributed by atoms with van der Waals surface area (Å²) in [7, 11) is 3.22. The summed E-state index contributed by atoms with van der Waals surface area (Å²) in [5.74, 6) is 0.0813. The van der Waals surface area contributed by atoms with Gasteiger partial charge in [-0.3, -0.25) is 5.41 Å². The van der Waals surface area contributed by atoms with Crippen molar-refractivity contribution in [1.82, 2.24) is 9.97 Å². The van der Waals surface area contributed by atoms with Crippen molar-refractivity contribution in [2.45, 2.75) is 0 Å². The molecular formula is C27H27N4NaO3. The Hall–Kier alpha value is -3.38. The number of nitriles is 1. The molecule has 0 aliphatic heterocycles. The molecule has 0 aliphatic carbocycles. The Bertz CT molecular complexity index is 1170. The fourth-order valence-corrected chi connectivity index (χ4v) is 2.70. The summed E-state index contributed by atoms with van der Waals surface area (Å²) in [6, 6.07) is 32.7. The average molecular weight is 479 g/mol. The van der Waals surface area contributed by atoms with Gasteiger partial charge in [-0.2, -0.15) is 12.4 Å². The molecule has 4 aromatic rings. The summed E-state index contributed by atoms with van der Waals surface area (Å²) in [5.41, 5.74) is 4.75. The van der Waals surface area contributed by atoms with Gasteiger partial charge >= 0.3 is 29.6 Å². The molecule has 0 bridgehead atoms. The molecule has 2 heterocycles. The van der Waals surface area contributed by atoms with E-state index in [1.165, 1.54) is 7.11 Å². The number of nitrogens with one attached hydrogen (secondary N) is 1. The fraction of sp³-hybridized carbons (Fsp3) is 0.111. The van der Waals surface area contributed by atoms with E-state index >= 15 is 0 Å². The topological polar surface area (TPSA) is 126 Å². The third-order valence-electron chi connectivity index (χ3n) is 4.19. The summed E-state index contributed by atoms with van der Waals surface area (Å²) in [4.78, 5) is 8.56. The van der Waals surface area contributed by atoms with Crippen molar-refractivity contribution in [3.05, 3.63) is 108 Å². The van der Waals surface area contributed by atoms with Crippen LogP contribution in [0.1, 0.15) is 11.4 Å². The molecule has 8 heteroatoms. The first-order valence-corrected chi connectivity index (χ1v) is 10.1. The van der Waals surface area contributed by atoms with E-state index in [9.17, 15) is 0 Å². The maximum atomic E-state index is 8.70. The smallest absolute Gasteiger partial charge is 0.857 e. The number of aliphatic hydroxyl groups excluding tert-OH is 1. The fourth-order valence-electron chi connectivity index (χ4n) is 2.70. The van der Waals surface area contributed by atoms with Crippen molar-refractivity contribution in [3.8, 4) is 28.6 Å². The van der Waals surface area contributed by atoms with Crippen molar-refractivity contribution < 1.29 is 44.5 Å². The molecule has 0 saturated carbocycles. The van der Waals surface area contributed by atoms with Gasteiger partial charge in [0.2, 0.25) is 5.90 Å². The molecule has 2 N–H and O–H groups in total. The molecule has 174 valence electrons. The molecular weight excluding hydrogens is 451 g/mol. The van der Waals surface area contributed by atoms with Gasteiger partial charge in [0.25, 0.3) is 0 Å². The van der Waals surface area contributed by atoms with Crippen LogP contribution in [-0.2, 0) is 4.74 Å². The van der Waals surface area contributed by atoms with Crippen LogP contribution in [0, 0.1) is 16.7 Å². The summed E-state index contributed by atoms with van der Waals surface area (Å²) in [6.45, 7) is 0. The third-order valence-corrected chi connectivity index (χ3v) is 4.19. The molecule has 0 amide bonds. The average Bonchev–Trinajstić information content (AvgIpc) is 2.96. The van der Waals surface area contributed by atoms with Crippen LogP contribution >= 0.6 is 0 Å². The summed E-state index contributed by atoms with van der Waals surface area (Å²) in [5, 5.41) is 31.5. The number of ether oxygens (including phenoxy) is 1. The van der Waals surface area contributed by atoms with E-state index in [0.717, 1.165) is 36.7 Å². The Labute approximate surface area is 228 Å². The van der Waals surface area contributed by atoms with E-state index < -0.39 is 0 Å². The van der Waals surface area contributed by atoms with Crippen LogP contribution in [0.25, 0.3) is 22.5 Å².